The van der Waals surface area contributed by atoms with E-state index in [0.717, 1.165) is 7.11 Å². The number of rotatable bonds is 2. The predicted molar refractivity (Wildman–Crippen MR) is 54.2 cm³/mol. The first kappa shape index (κ1) is 11.5. The topological polar surface area (TPSA) is 69.4 Å². The second kappa shape index (κ2) is 4.27. The number of carbonyl (C=O) groups excluding carboxylic acids is 1. The highest BCUT2D eigenvalue weighted by atomic mass is 35.5. The first-order valence-corrected chi connectivity index (χ1v) is 4.38. The summed E-state index contributed by atoms with van der Waals surface area (Å²) < 4.78 is 4.44. The molecule has 0 fully saturated rings. The van der Waals surface area contributed by atoms with Gasteiger partial charge in [0.05, 0.1) is 12.0 Å². The van der Waals surface area contributed by atoms with Gasteiger partial charge in [0.15, 0.2) is 0 Å². The molecule has 5 nitrogen and oxygen atoms in total. The zero-order valence-corrected chi connectivity index (χ0v) is 8.87. The highest BCUT2D eigenvalue weighted by Gasteiger charge is 2.24. The van der Waals surface area contributed by atoms with Crippen LogP contribution in [-0.2, 0) is 4.74 Å². The Hall–Kier alpha value is -1.62. The van der Waals surface area contributed by atoms with Crippen LogP contribution in [0.25, 0.3) is 0 Å². The van der Waals surface area contributed by atoms with Gasteiger partial charge >= 0.3 is 11.7 Å². The Morgan fingerprint density at radius 1 is 1.53 bits per heavy atom. The van der Waals surface area contributed by atoms with Crippen LogP contribution in [-0.4, -0.2) is 18.0 Å². The maximum Gasteiger partial charge on any atom is 0.344 e. The van der Waals surface area contributed by atoms with Crippen molar-refractivity contribution in [2.45, 2.75) is 6.92 Å². The highest BCUT2D eigenvalue weighted by molar-refractivity contribution is 6.33. The van der Waals surface area contributed by atoms with Crippen molar-refractivity contribution in [3.63, 3.8) is 0 Å². The first-order chi connectivity index (χ1) is 6.97. The SMILES string of the molecule is COC(=O)c1cc(C)cc(Cl)c1[N+](=O)[O-]. The Kier molecular flexibility index (Phi) is 3.26. The smallest absolute Gasteiger partial charge is 0.344 e. The fourth-order valence-corrected chi connectivity index (χ4v) is 1.53. The van der Waals surface area contributed by atoms with Crippen LogP contribution in [0.1, 0.15) is 15.9 Å². The van der Waals surface area contributed by atoms with Crippen molar-refractivity contribution in [3.05, 3.63) is 38.4 Å². The van der Waals surface area contributed by atoms with E-state index in [1.807, 2.05) is 0 Å². The van der Waals surface area contributed by atoms with E-state index < -0.39 is 16.6 Å². The van der Waals surface area contributed by atoms with E-state index in [0.29, 0.717) is 5.56 Å². The fourth-order valence-electron chi connectivity index (χ4n) is 1.19. The third-order valence-electron chi connectivity index (χ3n) is 1.80. The average molecular weight is 230 g/mol. The van der Waals surface area contributed by atoms with Gasteiger partial charge in [0.2, 0.25) is 0 Å². The average Bonchev–Trinajstić information content (AvgIpc) is 2.14. The zero-order valence-electron chi connectivity index (χ0n) is 8.11. The summed E-state index contributed by atoms with van der Waals surface area (Å²) in [4.78, 5) is 21.2. The third-order valence-corrected chi connectivity index (χ3v) is 2.08. The molecule has 15 heavy (non-hydrogen) atoms. The van der Waals surface area contributed by atoms with Crippen molar-refractivity contribution < 1.29 is 14.5 Å². The summed E-state index contributed by atoms with van der Waals surface area (Å²) in [6.07, 6.45) is 0. The number of aryl methyl sites for hydroxylation is 1. The normalized spacial score (nSPS) is 9.80. The summed E-state index contributed by atoms with van der Waals surface area (Å²) in [6, 6.07) is 2.79. The number of hydrogen-bond donors (Lipinski definition) is 0. The quantitative estimate of drug-likeness (QED) is 0.443. The van der Waals surface area contributed by atoms with Gasteiger partial charge in [-0.15, -0.1) is 0 Å². The molecule has 1 aromatic carbocycles. The molecular formula is C9H8ClNO4. The highest BCUT2D eigenvalue weighted by Crippen LogP contribution is 2.30. The summed E-state index contributed by atoms with van der Waals surface area (Å²) in [5.74, 6) is -0.771. The molecule has 0 aliphatic heterocycles. The minimum Gasteiger partial charge on any atom is -0.465 e. The summed E-state index contributed by atoms with van der Waals surface area (Å²) in [7, 11) is 1.16. The maximum atomic E-state index is 11.3. The lowest BCUT2D eigenvalue weighted by Gasteiger charge is -2.03. The Morgan fingerprint density at radius 3 is 2.60 bits per heavy atom. The summed E-state index contributed by atoms with van der Waals surface area (Å²) in [5, 5.41) is 10.6. The number of carbonyl (C=O) groups is 1. The monoisotopic (exact) mass is 229 g/mol. The zero-order chi connectivity index (χ0) is 11.6. The largest absolute Gasteiger partial charge is 0.465 e. The maximum absolute atomic E-state index is 11.3. The lowest BCUT2D eigenvalue weighted by Crippen LogP contribution is -2.06. The standard InChI is InChI=1S/C9H8ClNO4/c1-5-3-6(9(12)15-2)8(11(13)14)7(10)4-5/h3-4H,1-2H3. The van der Waals surface area contributed by atoms with E-state index in [-0.39, 0.29) is 10.6 Å². The second-order valence-electron chi connectivity index (χ2n) is 2.89. The number of ether oxygens (including phenoxy) is 1. The second-order valence-corrected chi connectivity index (χ2v) is 3.30. The van der Waals surface area contributed by atoms with E-state index in [1.54, 1.807) is 6.92 Å². The summed E-state index contributed by atoms with van der Waals surface area (Å²) >= 11 is 5.68. The molecule has 0 amide bonds. The van der Waals surface area contributed by atoms with Crippen LogP contribution in [0.15, 0.2) is 12.1 Å². The van der Waals surface area contributed by atoms with Gasteiger partial charge in [-0.2, -0.15) is 0 Å². The Labute approximate surface area is 90.8 Å². The van der Waals surface area contributed by atoms with Crippen LogP contribution in [0.3, 0.4) is 0 Å². The number of nitro groups is 1. The number of halogens is 1. The van der Waals surface area contributed by atoms with Crippen LogP contribution in [0.2, 0.25) is 5.02 Å². The van der Waals surface area contributed by atoms with Crippen molar-refractivity contribution in [1.29, 1.82) is 0 Å². The Bertz CT molecular complexity index is 430. The number of hydrogen-bond acceptors (Lipinski definition) is 4. The molecule has 0 N–H and O–H groups in total. The molecule has 0 atom stereocenters. The van der Waals surface area contributed by atoms with Gasteiger partial charge in [-0.05, 0) is 24.6 Å². The molecule has 0 bridgehead atoms. The van der Waals surface area contributed by atoms with Crippen molar-refractivity contribution in [2.24, 2.45) is 0 Å². The minimum atomic E-state index is -0.771. The van der Waals surface area contributed by atoms with E-state index in [1.165, 1.54) is 12.1 Å². The van der Waals surface area contributed by atoms with E-state index in [4.69, 9.17) is 11.6 Å². The molecule has 0 saturated carbocycles. The van der Waals surface area contributed by atoms with E-state index in [2.05, 4.69) is 4.74 Å². The number of benzene rings is 1. The van der Waals surface area contributed by atoms with E-state index in [9.17, 15) is 14.9 Å². The van der Waals surface area contributed by atoms with Crippen LogP contribution < -0.4 is 0 Å². The van der Waals surface area contributed by atoms with Crippen molar-refractivity contribution in [1.82, 2.24) is 0 Å². The van der Waals surface area contributed by atoms with Gasteiger partial charge < -0.3 is 4.74 Å². The van der Waals surface area contributed by atoms with Crippen molar-refractivity contribution in [3.8, 4) is 0 Å². The Morgan fingerprint density at radius 2 is 2.13 bits per heavy atom. The van der Waals surface area contributed by atoms with Crippen LogP contribution in [0, 0.1) is 17.0 Å². The summed E-state index contributed by atoms with van der Waals surface area (Å²) in [6.45, 7) is 1.68. The molecule has 1 rings (SSSR count). The molecular weight excluding hydrogens is 222 g/mol. The van der Waals surface area contributed by atoms with Gasteiger partial charge in [-0.25, -0.2) is 4.79 Å². The molecule has 0 radical (unpaired) electrons. The fraction of sp³-hybridized carbons (Fsp3) is 0.222. The predicted octanol–water partition coefficient (Wildman–Crippen LogP) is 2.34. The van der Waals surface area contributed by atoms with E-state index >= 15 is 0 Å². The minimum absolute atomic E-state index is 0.0691. The molecule has 0 aromatic heterocycles. The molecule has 0 spiro atoms. The Balaban J connectivity index is 3.46. The number of nitrogens with zero attached hydrogens (tertiary/aromatic N) is 1. The van der Waals surface area contributed by atoms with Crippen molar-refractivity contribution in [2.75, 3.05) is 7.11 Å². The summed E-state index contributed by atoms with van der Waals surface area (Å²) in [5.41, 5.74) is 0.104. The van der Waals surface area contributed by atoms with Gasteiger partial charge in [0.1, 0.15) is 10.6 Å². The first-order valence-electron chi connectivity index (χ1n) is 4.00. The lowest BCUT2D eigenvalue weighted by molar-refractivity contribution is -0.385. The van der Waals surface area contributed by atoms with Gasteiger partial charge in [0.25, 0.3) is 0 Å². The van der Waals surface area contributed by atoms with Gasteiger partial charge in [-0.3, -0.25) is 10.1 Å². The molecule has 0 aliphatic carbocycles. The van der Waals surface area contributed by atoms with Gasteiger partial charge in [0, 0.05) is 0 Å². The van der Waals surface area contributed by atoms with Crippen LogP contribution >= 0.6 is 11.6 Å². The molecule has 1 aromatic rings. The number of methoxy groups -OCH3 is 1. The molecule has 0 aliphatic rings. The van der Waals surface area contributed by atoms with Crippen LogP contribution in [0.5, 0.6) is 0 Å². The molecule has 6 heteroatoms. The molecule has 0 saturated heterocycles. The third kappa shape index (κ3) is 2.24. The molecule has 80 valence electrons. The lowest BCUT2D eigenvalue weighted by atomic mass is 10.1. The van der Waals surface area contributed by atoms with Crippen LogP contribution in [0.4, 0.5) is 5.69 Å². The number of nitro benzene ring substituents is 1. The molecule has 0 heterocycles. The molecule has 0 unspecified atom stereocenters. The number of esters is 1. The van der Waals surface area contributed by atoms with Crippen molar-refractivity contribution >= 4 is 23.3 Å². The van der Waals surface area contributed by atoms with Gasteiger partial charge in [-0.1, -0.05) is 11.6 Å².